The number of nitrogens with zero attached hydrogens (tertiary/aromatic N) is 2. The normalized spacial score (nSPS) is 10.6. The van der Waals surface area contributed by atoms with E-state index in [0.717, 1.165) is 5.69 Å². The molecule has 0 bridgehead atoms. The second-order valence-corrected chi connectivity index (χ2v) is 3.93. The number of benzene rings is 1. The zero-order chi connectivity index (χ0) is 12.4. The van der Waals surface area contributed by atoms with Crippen molar-refractivity contribution in [2.45, 2.75) is 13.5 Å². The number of hydrogen-bond donors (Lipinski definition) is 1. The van der Waals surface area contributed by atoms with Crippen molar-refractivity contribution in [3.05, 3.63) is 47.5 Å². The van der Waals surface area contributed by atoms with Crippen molar-refractivity contribution >= 4 is 5.69 Å². The van der Waals surface area contributed by atoms with Crippen LogP contribution in [0.15, 0.2) is 24.7 Å². The molecule has 2 rings (SSSR count). The molecule has 0 spiro atoms. The molecule has 0 aliphatic carbocycles. The molecule has 0 amide bonds. The third kappa shape index (κ3) is 2.43. The van der Waals surface area contributed by atoms with Gasteiger partial charge in [-0.1, -0.05) is 0 Å². The smallest absolute Gasteiger partial charge is 0.146 e. The monoisotopic (exact) mass is 237 g/mol. The number of rotatable bonds is 3. The van der Waals surface area contributed by atoms with Crippen molar-refractivity contribution in [3.63, 3.8) is 0 Å². The van der Waals surface area contributed by atoms with Crippen LogP contribution in [0, 0.1) is 18.6 Å². The average Bonchev–Trinajstić information content (AvgIpc) is 2.68. The Bertz CT molecular complexity index is 535. The topological polar surface area (TPSA) is 29.9 Å². The van der Waals surface area contributed by atoms with Crippen LogP contribution in [0.4, 0.5) is 14.5 Å². The summed E-state index contributed by atoms with van der Waals surface area (Å²) < 4.78 is 28.6. The van der Waals surface area contributed by atoms with E-state index in [9.17, 15) is 8.78 Å². The largest absolute Gasteiger partial charge is 0.377 e. The van der Waals surface area contributed by atoms with Gasteiger partial charge in [0.05, 0.1) is 24.3 Å². The summed E-state index contributed by atoms with van der Waals surface area (Å²) in [6.07, 6.45) is 3.33. The van der Waals surface area contributed by atoms with E-state index >= 15 is 0 Å². The zero-order valence-electron chi connectivity index (χ0n) is 9.67. The Balaban J connectivity index is 2.14. The van der Waals surface area contributed by atoms with Crippen LogP contribution in [-0.4, -0.2) is 9.55 Å². The lowest BCUT2D eigenvalue weighted by molar-refractivity contribution is 0.594. The van der Waals surface area contributed by atoms with Crippen molar-refractivity contribution in [1.29, 1.82) is 0 Å². The molecule has 0 fully saturated rings. The Morgan fingerprint density at radius 3 is 2.71 bits per heavy atom. The summed E-state index contributed by atoms with van der Waals surface area (Å²) in [5.74, 6) is -0.870. The van der Waals surface area contributed by atoms with Crippen molar-refractivity contribution in [1.82, 2.24) is 9.55 Å². The summed E-state index contributed by atoms with van der Waals surface area (Å²) >= 11 is 0. The first-order valence-corrected chi connectivity index (χ1v) is 5.22. The van der Waals surface area contributed by atoms with E-state index in [-0.39, 0.29) is 5.69 Å². The second kappa shape index (κ2) is 4.53. The SMILES string of the molecule is Cc1cc(F)c(NCc2cncn2C)cc1F. The first-order valence-electron chi connectivity index (χ1n) is 5.22. The van der Waals surface area contributed by atoms with Crippen molar-refractivity contribution in [2.24, 2.45) is 7.05 Å². The van der Waals surface area contributed by atoms with Gasteiger partial charge in [0.2, 0.25) is 0 Å². The van der Waals surface area contributed by atoms with E-state index in [2.05, 4.69) is 10.3 Å². The molecule has 0 unspecified atom stereocenters. The number of imidazole rings is 1. The van der Waals surface area contributed by atoms with Gasteiger partial charge in [0.15, 0.2) is 0 Å². The van der Waals surface area contributed by atoms with E-state index < -0.39 is 11.6 Å². The zero-order valence-corrected chi connectivity index (χ0v) is 9.67. The Morgan fingerprint density at radius 1 is 1.29 bits per heavy atom. The minimum Gasteiger partial charge on any atom is -0.377 e. The minimum absolute atomic E-state index is 0.161. The molecular formula is C12H13F2N3. The summed E-state index contributed by atoms with van der Waals surface area (Å²) in [7, 11) is 1.84. The van der Waals surface area contributed by atoms with Crippen LogP contribution in [-0.2, 0) is 13.6 Å². The molecule has 0 saturated carbocycles. The molecule has 2 aromatic rings. The third-order valence-electron chi connectivity index (χ3n) is 2.62. The van der Waals surface area contributed by atoms with Gasteiger partial charge in [0.25, 0.3) is 0 Å². The summed E-state index contributed by atoms with van der Waals surface area (Å²) in [4.78, 5) is 3.94. The van der Waals surface area contributed by atoms with Crippen LogP contribution in [0.5, 0.6) is 0 Å². The molecule has 1 aromatic heterocycles. The summed E-state index contributed by atoms with van der Waals surface area (Å²) in [6.45, 7) is 1.93. The highest BCUT2D eigenvalue weighted by Gasteiger charge is 2.07. The highest BCUT2D eigenvalue weighted by Crippen LogP contribution is 2.19. The molecular weight excluding hydrogens is 224 g/mol. The summed E-state index contributed by atoms with van der Waals surface area (Å²) in [6, 6.07) is 2.35. The summed E-state index contributed by atoms with van der Waals surface area (Å²) in [5, 5.41) is 2.85. The minimum atomic E-state index is -0.453. The number of aromatic nitrogens is 2. The lowest BCUT2D eigenvalue weighted by atomic mass is 10.2. The van der Waals surface area contributed by atoms with Gasteiger partial charge in [-0.15, -0.1) is 0 Å². The average molecular weight is 237 g/mol. The van der Waals surface area contributed by atoms with Crippen LogP contribution < -0.4 is 5.32 Å². The number of halogens is 2. The molecule has 17 heavy (non-hydrogen) atoms. The molecule has 0 aliphatic heterocycles. The molecule has 0 aliphatic rings. The maximum Gasteiger partial charge on any atom is 0.146 e. The molecule has 0 atom stereocenters. The molecule has 5 heteroatoms. The van der Waals surface area contributed by atoms with Gasteiger partial charge >= 0.3 is 0 Å². The Morgan fingerprint density at radius 2 is 2.06 bits per heavy atom. The maximum atomic E-state index is 13.5. The van der Waals surface area contributed by atoms with Crippen LogP contribution in [0.2, 0.25) is 0 Å². The van der Waals surface area contributed by atoms with E-state index in [0.29, 0.717) is 12.1 Å². The predicted octanol–water partition coefficient (Wildman–Crippen LogP) is 2.62. The first kappa shape index (κ1) is 11.6. The van der Waals surface area contributed by atoms with Gasteiger partial charge in [-0.2, -0.15) is 0 Å². The molecule has 3 nitrogen and oxygen atoms in total. The molecule has 90 valence electrons. The Labute approximate surface area is 98.1 Å². The molecule has 1 aromatic carbocycles. The molecule has 0 saturated heterocycles. The van der Waals surface area contributed by atoms with Crippen LogP contribution in [0.25, 0.3) is 0 Å². The van der Waals surface area contributed by atoms with Gasteiger partial charge in [-0.25, -0.2) is 13.8 Å². The number of anilines is 1. The van der Waals surface area contributed by atoms with E-state index in [4.69, 9.17) is 0 Å². The van der Waals surface area contributed by atoms with Crippen molar-refractivity contribution < 1.29 is 8.78 Å². The lowest BCUT2D eigenvalue weighted by Gasteiger charge is -2.09. The van der Waals surface area contributed by atoms with Gasteiger partial charge in [0, 0.05) is 19.3 Å². The fourth-order valence-corrected chi connectivity index (χ4v) is 1.52. The molecule has 1 N–H and O–H groups in total. The third-order valence-corrected chi connectivity index (χ3v) is 2.62. The second-order valence-electron chi connectivity index (χ2n) is 3.93. The summed E-state index contributed by atoms with van der Waals surface area (Å²) in [5.41, 5.74) is 1.35. The van der Waals surface area contributed by atoms with Crippen LogP contribution in [0.1, 0.15) is 11.3 Å². The number of hydrogen-bond acceptors (Lipinski definition) is 2. The van der Waals surface area contributed by atoms with Gasteiger partial charge in [-0.05, 0) is 18.6 Å². The van der Waals surface area contributed by atoms with E-state index in [1.807, 2.05) is 11.6 Å². The lowest BCUT2D eigenvalue weighted by Crippen LogP contribution is -2.06. The highest BCUT2D eigenvalue weighted by atomic mass is 19.1. The molecule has 0 radical (unpaired) electrons. The van der Waals surface area contributed by atoms with Crippen molar-refractivity contribution in [2.75, 3.05) is 5.32 Å². The first-order chi connectivity index (χ1) is 8.08. The van der Waals surface area contributed by atoms with E-state index in [1.54, 1.807) is 12.5 Å². The molecule has 1 heterocycles. The van der Waals surface area contributed by atoms with Gasteiger partial charge < -0.3 is 9.88 Å². The fraction of sp³-hybridized carbons (Fsp3) is 0.250. The van der Waals surface area contributed by atoms with E-state index in [1.165, 1.54) is 19.1 Å². The maximum absolute atomic E-state index is 13.5. The highest BCUT2D eigenvalue weighted by molar-refractivity contribution is 5.47. The Hall–Kier alpha value is -1.91. The van der Waals surface area contributed by atoms with Crippen molar-refractivity contribution in [3.8, 4) is 0 Å². The van der Waals surface area contributed by atoms with Crippen LogP contribution in [0.3, 0.4) is 0 Å². The fourth-order valence-electron chi connectivity index (χ4n) is 1.52. The quantitative estimate of drug-likeness (QED) is 0.889. The number of aryl methyl sites for hydroxylation is 2. The predicted molar refractivity (Wildman–Crippen MR) is 61.6 cm³/mol. The number of nitrogens with one attached hydrogen (secondary N) is 1. The Kier molecular flexibility index (Phi) is 3.08. The van der Waals surface area contributed by atoms with Gasteiger partial charge in [0.1, 0.15) is 11.6 Å². The van der Waals surface area contributed by atoms with Crippen LogP contribution >= 0.6 is 0 Å². The van der Waals surface area contributed by atoms with Gasteiger partial charge in [-0.3, -0.25) is 0 Å². The standard InChI is InChI=1S/C12H13F2N3/c1-8-3-11(14)12(4-10(8)13)16-6-9-5-15-7-17(9)2/h3-5,7,16H,6H2,1-2H3.